The summed E-state index contributed by atoms with van der Waals surface area (Å²) in [5, 5.41) is 12.9. The Labute approximate surface area is 130 Å². The van der Waals surface area contributed by atoms with Gasteiger partial charge in [-0.25, -0.2) is 8.78 Å². The number of rotatable bonds is 4. The van der Waals surface area contributed by atoms with Crippen LogP contribution in [0.25, 0.3) is 0 Å². The second-order valence-electron chi connectivity index (χ2n) is 6.01. The number of halogens is 3. The molecule has 0 bridgehead atoms. The Morgan fingerprint density at radius 3 is 2.38 bits per heavy atom. The molecule has 1 fully saturated rings. The third-order valence-corrected chi connectivity index (χ3v) is 3.92. The molecule has 0 unspecified atom stereocenters. The van der Waals surface area contributed by atoms with Gasteiger partial charge in [0.1, 0.15) is 0 Å². The van der Waals surface area contributed by atoms with Gasteiger partial charge in [0, 0.05) is 44.2 Å². The molecule has 0 aliphatic carbocycles. The first-order valence-corrected chi connectivity index (χ1v) is 6.96. The lowest BCUT2D eigenvalue weighted by Crippen LogP contribution is -2.49. The van der Waals surface area contributed by atoms with Crippen LogP contribution in [0, 0.1) is 17.0 Å². The fourth-order valence-electron chi connectivity index (χ4n) is 2.87. The largest absolute Gasteiger partial charge is 0.396 e. The molecule has 0 saturated carbocycles. The quantitative estimate of drug-likeness (QED) is 0.894. The zero-order chi connectivity index (χ0) is 14.8. The number of aliphatic hydroxyl groups is 1. The van der Waals surface area contributed by atoms with Gasteiger partial charge in [-0.05, 0) is 17.7 Å². The van der Waals surface area contributed by atoms with E-state index in [1.165, 1.54) is 6.07 Å². The Bertz CT molecular complexity index is 465. The van der Waals surface area contributed by atoms with E-state index < -0.39 is 17.0 Å². The second kappa shape index (κ2) is 7.49. The zero-order valence-electron chi connectivity index (χ0n) is 12.4. The van der Waals surface area contributed by atoms with Gasteiger partial charge in [-0.15, -0.1) is 12.4 Å². The molecule has 21 heavy (non-hydrogen) atoms. The van der Waals surface area contributed by atoms with E-state index in [2.05, 4.69) is 10.2 Å². The van der Waals surface area contributed by atoms with E-state index >= 15 is 0 Å². The van der Waals surface area contributed by atoms with Crippen LogP contribution in [-0.2, 0) is 0 Å². The van der Waals surface area contributed by atoms with Crippen molar-refractivity contribution >= 4 is 12.4 Å². The Kier molecular flexibility index (Phi) is 6.53. The van der Waals surface area contributed by atoms with Gasteiger partial charge in [-0.3, -0.25) is 4.90 Å². The highest BCUT2D eigenvalue weighted by molar-refractivity contribution is 5.85. The summed E-state index contributed by atoms with van der Waals surface area (Å²) in [5.74, 6) is -1.68. The number of aliphatic hydroxyl groups excluding tert-OH is 1. The van der Waals surface area contributed by atoms with E-state index in [4.69, 9.17) is 0 Å². The summed E-state index contributed by atoms with van der Waals surface area (Å²) in [7, 11) is 0. The summed E-state index contributed by atoms with van der Waals surface area (Å²) < 4.78 is 26.7. The molecule has 0 aromatic heterocycles. The van der Waals surface area contributed by atoms with Gasteiger partial charge >= 0.3 is 0 Å². The van der Waals surface area contributed by atoms with Gasteiger partial charge in [0.25, 0.3) is 0 Å². The van der Waals surface area contributed by atoms with Gasteiger partial charge in [0.15, 0.2) is 11.6 Å². The summed E-state index contributed by atoms with van der Waals surface area (Å²) in [6.07, 6.45) is 0. The minimum absolute atomic E-state index is 0. The zero-order valence-corrected chi connectivity index (χ0v) is 13.2. The molecule has 1 atom stereocenters. The van der Waals surface area contributed by atoms with Crippen LogP contribution in [0.4, 0.5) is 8.78 Å². The van der Waals surface area contributed by atoms with Gasteiger partial charge in [0.05, 0.1) is 0 Å². The van der Waals surface area contributed by atoms with Crippen molar-refractivity contribution in [2.24, 2.45) is 5.41 Å². The minimum atomic E-state index is -0.838. The molecule has 2 rings (SSSR count). The van der Waals surface area contributed by atoms with Gasteiger partial charge in [0.2, 0.25) is 0 Å². The Balaban J connectivity index is 0.00000220. The van der Waals surface area contributed by atoms with Crippen molar-refractivity contribution in [1.82, 2.24) is 10.2 Å². The van der Waals surface area contributed by atoms with Crippen molar-refractivity contribution in [1.29, 1.82) is 0 Å². The SMILES string of the molecule is CC(C)(CO)[C@H](c1ccc(F)c(F)c1)N1CCNCC1.Cl. The molecule has 0 radical (unpaired) electrons. The van der Waals surface area contributed by atoms with Crippen LogP contribution < -0.4 is 5.32 Å². The maximum atomic E-state index is 13.5. The van der Waals surface area contributed by atoms with Crippen LogP contribution in [0.2, 0.25) is 0 Å². The summed E-state index contributed by atoms with van der Waals surface area (Å²) in [6.45, 7) is 7.26. The first-order chi connectivity index (χ1) is 9.45. The lowest BCUT2D eigenvalue weighted by molar-refractivity contribution is 0.0303. The summed E-state index contributed by atoms with van der Waals surface area (Å²) in [6, 6.07) is 3.89. The van der Waals surface area contributed by atoms with E-state index in [0.717, 1.165) is 32.2 Å². The fourth-order valence-corrected chi connectivity index (χ4v) is 2.87. The number of nitrogens with one attached hydrogen (secondary N) is 1. The number of nitrogens with zero attached hydrogens (tertiary/aromatic N) is 1. The fraction of sp³-hybridized carbons (Fsp3) is 0.600. The molecule has 0 spiro atoms. The molecule has 1 aliphatic rings. The van der Waals surface area contributed by atoms with E-state index in [1.807, 2.05) is 13.8 Å². The van der Waals surface area contributed by atoms with Gasteiger partial charge < -0.3 is 10.4 Å². The monoisotopic (exact) mass is 320 g/mol. The maximum Gasteiger partial charge on any atom is 0.159 e. The smallest absolute Gasteiger partial charge is 0.159 e. The third-order valence-electron chi connectivity index (χ3n) is 3.92. The van der Waals surface area contributed by atoms with E-state index in [-0.39, 0.29) is 25.1 Å². The van der Waals surface area contributed by atoms with Crippen molar-refractivity contribution in [3.63, 3.8) is 0 Å². The van der Waals surface area contributed by atoms with E-state index in [0.29, 0.717) is 5.56 Å². The number of benzene rings is 1. The molecule has 1 aliphatic heterocycles. The molecule has 1 saturated heterocycles. The molecular formula is C15H23ClF2N2O. The Morgan fingerprint density at radius 2 is 1.86 bits per heavy atom. The molecule has 3 nitrogen and oxygen atoms in total. The van der Waals surface area contributed by atoms with Crippen molar-refractivity contribution < 1.29 is 13.9 Å². The summed E-state index contributed by atoms with van der Waals surface area (Å²) in [4.78, 5) is 2.22. The van der Waals surface area contributed by atoms with Crippen molar-refractivity contribution in [2.45, 2.75) is 19.9 Å². The van der Waals surface area contributed by atoms with Crippen molar-refractivity contribution in [3.05, 3.63) is 35.4 Å². The van der Waals surface area contributed by atoms with E-state index in [9.17, 15) is 13.9 Å². The molecule has 1 aromatic rings. The van der Waals surface area contributed by atoms with Crippen LogP contribution in [0.5, 0.6) is 0 Å². The Hall–Kier alpha value is -0.750. The molecular weight excluding hydrogens is 298 g/mol. The van der Waals surface area contributed by atoms with Crippen LogP contribution >= 0.6 is 12.4 Å². The standard InChI is InChI=1S/C15H22F2N2O.ClH/c1-15(2,10-20)14(19-7-5-18-6-8-19)11-3-4-12(16)13(17)9-11;/h3-4,9,14,18,20H,5-8,10H2,1-2H3;1H/t14-;/m0./s1. The number of hydrogen-bond acceptors (Lipinski definition) is 3. The molecule has 0 amide bonds. The highest BCUT2D eigenvalue weighted by atomic mass is 35.5. The second-order valence-corrected chi connectivity index (χ2v) is 6.01. The lowest BCUT2D eigenvalue weighted by atomic mass is 9.79. The number of piperazine rings is 1. The van der Waals surface area contributed by atoms with Crippen LogP contribution in [0.3, 0.4) is 0 Å². The van der Waals surface area contributed by atoms with Gasteiger partial charge in [-0.2, -0.15) is 0 Å². The normalized spacial score (nSPS) is 18.1. The average Bonchev–Trinajstić information content (AvgIpc) is 2.44. The first kappa shape index (κ1) is 18.3. The maximum absolute atomic E-state index is 13.5. The highest BCUT2D eigenvalue weighted by Gasteiger charge is 2.35. The predicted octanol–water partition coefficient (Wildman–Crippen LogP) is 2.35. The van der Waals surface area contributed by atoms with Crippen LogP contribution in [0.1, 0.15) is 25.5 Å². The highest BCUT2D eigenvalue weighted by Crippen LogP contribution is 2.38. The van der Waals surface area contributed by atoms with Crippen molar-refractivity contribution in [3.8, 4) is 0 Å². The first-order valence-electron chi connectivity index (χ1n) is 6.96. The van der Waals surface area contributed by atoms with Crippen LogP contribution in [-0.4, -0.2) is 42.8 Å². The predicted molar refractivity (Wildman–Crippen MR) is 81.7 cm³/mol. The summed E-state index contributed by atoms with van der Waals surface area (Å²) in [5.41, 5.74) is 0.284. The molecule has 120 valence electrons. The molecule has 6 heteroatoms. The average molecular weight is 321 g/mol. The van der Waals surface area contributed by atoms with Crippen molar-refractivity contribution in [2.75, 3.05) is 32.8 Å². The number of hydrogen-bond donors (Lipinski definition) is 2. The Morgan fingerprint density at radius 1 is 1.24 bits per heavy atom. The topological polar surface area (TPSA) is 35.5 Å². The van der Waals surface area contributed by atoms with Crippen LogP contribution in [0.15, 0.2) is 18.2 Å². The molecule has 1 aromatic carbocycles. The third kappa shape index (κ3) is 4.13. The lowest BCUT2D eigenvalue weighted by Gasteiger charge is -2.43. The van der Waals surface area contributed by atoms with E-state index in [1.54, 1.807) is 6.07 Å². The van der Waals surface area contributed by atoms with Gasteiger partial charge in [-0.1, -0.05) is 19.9 Å². The minimum Gasteiger partial charge on any atom is -0.396 e. The summed E-state index contributed by atoms with van der Waals surface area (Å²) >= 11 is 0. The molecule has 1 heterocycles. The molecule has 2 N–H and O–H groups in total.